The van der Waals surface area contributed by atoms with Crippen LogP contribution in [0.3, 0.4) is 0 Å². The van der Waals surface area contributed by atoms with E-state index in [0.717, 1.165) is 22.0 Å². The standard InChI is InChI=1S/C16H12N4O3/c17-15-14-11-5-9(10-3-4-23-7-10)1-2-12(11)20(6-13(21)22)16(14)19-8-18-15/h1-5,7-8H,6H2,(H,21,22)(H2,17,18,19). The van der Waals surface area contributed by atoms with Crippen molar-refractivity contribution in [2.45, 2.75) is 6.54 Å². The molecular weight excluding hydrogens is 296 g/mol. The van der Waals surface area contributed by atoms with E-state index in [2.05, 4.69) is 9.97 Å². The van der Waals surface area contributed by atoms with E-state index in [0.29, 0.717) is 16.9 Å². The van der Waals surface area contributed by atoms with Gasteiger partial charge >= 0.3 is 5.97 Å². The predicted octanol–water partition coefficient (Wildman–Crippen LogP) is 2.51. The fourth-order valence-corrected chi connectivity index (χ4v) is 2.84. The van der Waals surface area contributed by atoms with Crippen LogP contribution in [0.1, 0.15) is 0 Å². The minimum Gasteiger partial charge on any atom is -0.480 e. The number of benzene rings is 1. The summed E-state index contributed by atoms with van der Waals surface area (Å²) in [5.41, 5.74) is 9.15. The summed E-state index contributed by atoms with van der Waals surface area (Å²) in [6.07, 6.45) is 4.59. The van der Waals surface area contributed by atoms with Gasteiger partial charge < -0.3 is 19.8 Å². The fourth-order valence-electron chi connectivity index (χ4n) is 2.84. The van der Waals surface area contributed by atoms with Crippen LogP contribution in [0.25, 0.3) is 33.1 Å². The zero-order chi connectivity index (χ0) is 16.0. The van der Waals surface area contributed by atoms with Crippen LogP contribution in [0.15, 0.2) is 47.5 Å². The lowest BCUT2D eigenvalue weighted by Crippen LogP contribution is -2.09. The molecule has 0 aliphatic carbocycles. The van der Waals surface area contributed by atoms with Crippen LogP contribution in [0.5, 0.6) is 0 Å². The Balaban J connectivity index is 2.09. The highest BCUT2D eigenvalue weighted by Crippen LogP contribution is 2.33. The van der Waals surface area contributed by atoms with Gasteiger partial charge in [-0.3, -0.25) is 4.79 Å². The molecule has 23 heavy (non-hydrogen) atoms. The molecule has 3 N–H and O–H groups in total. The third kappa shape index (κ3) is 2.02. The average molecular weight is 308 g/mol. The van der Waals surface area contributed by atoms with E-state index in [-0.39, 0.29) is 6.54 Å². The van der Waals surface area contributed by atoms with Gasteiger partial charge in [-0.05, 0) is 23.8 Å². The maximum Gasteiger partial charge on any atom is 0.323 e. The highest BCUT2D eigenvalue weighted by Gasteiger charge is 2.17. The summed E-state index contributed by atoms with van der Waals surface area (Å²) in [7, 11) is 0. The van der Waals surface area contributed by atoms with Gasteiger partial charge in [-0.2, -0.15) is 0 Å². The first-order valence-electron chi connectivity index (χ1n) is 6.92. The van der Waals surface area contributed by atoms with Gasteiger partial charge in [0.25, 0.3) is 0 Å². The number of hydrogen-bond acceptors (Lipinski definition) is 5. The molecule has 4 rings (SSSR count). The molecule has 0 bridgehead atoms. The molecule has 1 aromatic carbocycles. The van der Waals surface area contributed by atoms with Crippen molar-refractivity contribution in [3.63, 3.8) is 0 Å². The quantitative estimate of drug-likeness (QED) is 0.602. The Morgan fingerprint density at radius 2 is 2.13 bits per heavy atom. The second-order valence-electron chi connectivity index (χ2n) is 5.18. The number of nitrogens with zero attached hydrogens (tertiary/aromatic N) is 3. The molecule has 0 fully saturated rings. The van der Waals surface area contributed by atoms with Crippen LogP contribution in [-0.2, 0) is 11.3 Å². The van der Waals surface area contributed by atoms with Crippen molar-refractivity contribution >= 4 is 33.7 Å². The number of furan rings is 1. The van der Waals surface area contributed by atoms with E-state index in [9.17, 15) is 9.90 Å². The Hall–Kier alpha value is -3.35. The first kappa shape index (κ1) is 13.3. The molecule has 0 saturated carbocycles. The lowest BCUT2D eigenvalue weighted by atomic mass is 10.1. The molecule has 0 aliphatic rings. The van der Waals surface area contributed by atoms with Gasteiger partial charge in [0.1, 0.15) is 24.3 Å². The largest absolute Gasteiger partial charge is 0.480 e. The number of fused-ring (bicyclic) bond motifs is 3. The van der Waals surface area contributed by atoms with Crippen LogP contribution in [0.4, 0.5) is 5.82 Å². The van der Waals surface area contributed by atoms with Crippen LogP contribution >= 0.6 is 0 Å². The average Bonchev–Trinajstić information content (AvgIpc) is 3.15. The number of anilines is 1. The molecule has 0 atom stereocenters. The number of aliphatic carboxylic acids is 1. The number of nitrogen functional groups attached to an aromatic ring is 1. The Morgan fingerprint density at radius 3 is 2.87 bits per heavy atom. The van der Waals surface area contributed by atoms with Crippen molar-refractivity contribution in [2.24, 2.45) is 0 Å². The SMILES string of the molecule is Nc1ncnc2c1c1cc(-c3ccoc3)ccc1n2CC(=O)O. The normalized spacial score (nSPS) is 11.3. The lowest BCUT2D eigenvalue weighted by molar-refractivity contribution is -0.137. The van der Waals surface area contributed by atoms with Gasteiger partial charge in [0.2, 0.25) is 0 Å². The molecule has 0 spiro atoms. The van der Waals surface area contributed by atoms with Crippen LogP contribution < -0.4 is 5.73 Å². The zero-order valence-corrected chi connectivity index (χ0v) is 11.9. The summed E-state index contributed by atoms with van der Waals surface area (Å²) in [6.45, 7) is -0.193. The molecule has 114 valence electrons. The van der Waals surface area contributed by atoms with Crippen LogP contribution in [0.2, 0.25) is 0 Å². The molecule has 0 amide bonds. The molecule has 0 unspecified atom stereocenters. The summed E-state index contributed by atoms with van der Waals surface area (Å²) in [5.74, 6) is -0.617. The lowest BCUT2D eigenvalue weighted by Gasteiger charge is -2.03. The Labute approximate surface area is 130 Å². The van der Waals surface area contributed by atoms with Crippen molar-refractivity contribution in [2.75, 3.05) is 5.73 Å². The number of carbonyl (C=O) groups is 1. The maximum atomic E-state index is 11.2. The number of rotatable bonds is 3. The van der Waals surface area contributed by atoms with Crippen molar-refractivity contribution < 1.29 is 14.3 Å². The van der Waals surface area contributed by atoms with Gasteiger partial charge in [-0.15, -0.1) is 0 Å². The Morgan fingerprint density at radius 1 is 1.26 bits per heavy atom. The maximum absolute atomic E-state index is 11.2. The second-order valence-corrected chi connectivity index (χ2v) is 5.18. The molecule has 7 nitrogen and oxygen atoms in total. The second kappa shape index (κ2) is 4.84. The molecular formula is C16H12N4O3. The van der Waals surface area contributed by atoms with Gasteiger partial charge in [0, 0.05) is 10.9 Å². The van der Waals surface area contributed by atoms with E-state index in [4.69, 9.17) is 10.2 Å². The zero-order valence-electron chi connectivity index (χ0n) is 11.9. The number of nitrogens with two attached hydrogens (primary N) is 1. The first-order valence-corrected chi connectivity index (χ1v) is 6.92. The van der Waals surface area contributed by atoms with E-state index in [1.165, 1.54) is 6.33 Å². The minimum absolute atomic E-state index is 0.193. The minimum atomic E-state index is -0.945. The van der Waals surface area contributed by atoms with E-state index in [1.54, 1.807) is 17.1 Å². The molecule has 3 heterocycles. The molecule has 0 aliphatic heterocycles. The molecule has 4 aromatic rings. The van der Waals surface area contributed by atoms with Gasteiger partial charge in [0.15, 0.2) is 0 Å². The third-order valence-corrected chi connectivity index (χ3v) is 3.82. The topological polar surface area (TPSA) is 107 Å². The van der Waals surface area contributed by atoms with Crippen molar-refractivity contribution in [3.8, 4) is 11.1 Å². The smallest absolute Gasteiger partial charge is 0.323 e. The number of carboxylic acid groups (broad SMARTS) is 1. The Kier molecular flexibility index (Phi) is 2.80. The van der Waals surface area contributed by atoms with Crippen molar-refractivity contribution in [1.82, 2.24) is 14.5 Å². The van der Waals surface area contributed by atoms with E-state index >= 15 is 0 Å². The number of carboxylic acids is 1. The molecule has 0 saturated heterocycles. The highest BCUT2D eigenvalue weighted by molar-refractivity contribution is 6.12. The third-order valence-electron chi connectivity index (χ3n) is 3.82. The summed E-state index contributed by atoms with van der Waals surface area (Å²) in [5, 5.41) is 10.6. The first-order chi connectivity index (χ1) is 11.1. The summed E-state index contributed by atoms with van der Waals surface area (Å²) >= 11 is 0. The van der Waals surface area contributed by atoms with Gasteiger partial charge in [-0.1, -0.05) is 6.07 Å². The molecule has 0 radical (unpaired) electrons. The van der Waals surface area contributed by atoms with E-state index < -0.39 is 5.97 Å². The molecule has 3 aromatic heterocycles. The van der Waals surface area contributed by atoms with Crippen LogP contribution in [0, 0.1) is 0 Å². The fraction of sp³-hybridized carbons (Fsp3) is 0.0625. The summed E-state index contributed by atoms with van der Waals surface area (Å²) in [6, 6.07) is 7.58. The number of hydrogen-bond donors (Lipinski definition) is 2. The van der Waals surface area contributed by atoms with Crippen molar-refractivity contribution in [3.05, 3.63) is 43.1 Å². The number of aromatic nitrogens is 3. The van der Waals surface area contributed by atoms with Crippen molar-refractivity contribution in [1.29, 1.82) is 0 Å². The van der Waals surface area contributed by atoms with E-state index in [1.807, 2.05) is 24.3 Å². The summed E-state index contributed by atoms with van der Waals surface area (Å²) < 4.78 is 6.75. The van der Waals surface area contributed by atoms with Gasteiger partial charge in [-0.25, -0.2) is 9.97 Å². The summed E-state index contributed by atoms with van der Waals surface area (Å²) in [4.78, 5) is 19.4. The highest BCUT2D eigenvalue weighted by atomic mass is 16.4. The Bertz CT molecular complexity index is 1030. The van der Waals surface area contributed by atoms with Gasteiger partial charge in [0.05, 0.1) is 23.4 Å². The monoisotopic (exact) mass is 308 g/mol. The molecule has 7 heteroatoms. The predicted molar refractivity (Wildman–Crippen MR) is 84.8 cm³/mol. The van der Waals surface area contributed by atoms with Crippen LogP contribution in [-0.4, -0.2) is 25.6 Å².